The Labute approximate surface area is 104 Å². The minimum atomic E-state index is 0.215. The zero-order valence-electron chi connectivity index (χ0n) is 11.0. The highest BCUT2D eigenvalue weighted by Gasteiger charge is 2.50. The number of nitrogens with one attached hydrogen (secondary N) is 1. The Morgan fingerprint density at radius 2 is 1.88 bits per heavy atom. The zero-order valence-corrected chi connectivity index (χ0v) is 11.0. The summed E-state index contributed by atoms with van der Waals surface area (Å²) in [6.45, 7) is 5.33. The average molecular weight is 239 g/mol. The summed E-state index contributed by atoms with van der Waals surface area (Å²) >= 11 is 0. The van der Waals surface area contributed by atoms with Crippen molar-refractivity contribution in [2.75, 3.05) is 13.2 Å². The number of carbonyl (C=O) groups is 1. The zero-order chi connectivity index (χ0) is 12.5. The van der Waals surface area contributed by atoms with Gasteiger partial charge in [-0.05, 0) is 36.5 Å². The van der Waals surface area contributed by atoms with Crippen molar-refractivity contribution in [2.24, 2.45) is 23.2 Å². The van der Waals surface area contributed by atoms with Crippen LogP contribution in [0.2, 0.25) is 0 Å². The van der Waals surface area contributed by atoms with Gasteiger partial charge in [-0.3, -0.25) is 4.79 Å². The summed E-state index contributed by atoms with van der Waals surface area (Å²) in [5.74, 6) is 1.33. The maximum atomic E-state index is 11.9. The fourth-order valence-corrected chi connectivity index (χ4v) is 3.06. The molecule has 2 aliphatic rings. The van der Waals surface area contributed by atoms with Gasteiger partial charge >= 0.3 is 0 Å². The quantitative estimate of drug-likeness (QED) is 0.787. The van der Waals surface area contributed by atoms with Crippen LogP contribution >= 0.6 is 0 Å². The Hall–Kier alpha value is -0.570. The lowest BCUT2D eigenvalue weighted by atomic mass is 9.79. The lowest BCUT2D eigenvalue weighted by molar-refractivity contribution is -0.123. The van der Waals surface area contributed by atoms with E-state index in [1.165, 1.54) is 12.8 Å². The minimum absolute atomic E-state index is 0.215. The van der Waals surface area contributed by atoms with Crippen LogP contribution in [0.4, 0.5) is 0 Å². The summed E-state index contributed by atoms with van der Waals surface area (Å²) in [6.07, 6.45) is 5.76. The molecule has 0 aliphatic heterocycles. The highest BCUT2D eigenvalue weighted by molar-refractivity contribution is 5.82. The minimum Gasteiger partial charge on any atom is -0.396 e. The van der Waals surface area contributed by atoms with E-state index in [0.29, 0.717) is 11.8 Å². The predicted molar refractivity (Wildman–Crippen MR) is 67.4 cm³/mol. The Bertz CT molecular complexity index is 288. The number of hydrogen-bond donors (Lipinski definition) is 2. The molecular formula is C14H25NO2. The van der Waals surface area contributed by atoms with Gasteiger partial charge in [-0.25, -0.2) is 0 Å². The van der Waals surface area contributed by atoms with Crippen molar-refractivity contribution in [3.8, 4) is 0 Å². The largest absolute Gasteiger partial charge is 0.396 e. The van der Waals surface area contributed by atoms with Crippen molar-refractivity contribution < 1.29 is 9.90 Å². The van der Waals surface area contributed by atoms with Gasteiger partial charge in [0.25, 0.3) is 0 Å². The molecule has 1 amide bonds. The number of hydrogen-bond acceptors (Lipinski definition) is 2. The molecule has 17 heavy (non-hydrogen) atoms. The highest BCUT2D eigenvalue weighted by Crippen LogP contribution is 2.51. The van der Waals surface area contributed by atoms with E-state index in [1.54, 1.807) is 0 Å². The normalized spacial score (nSPS) is 35.4. The predicted octanol–water partition coefficient (Wildman–Crippen LogP) is 1.95. The molecule has 3 unspecified atom stereocenters. The van der Waals surface area contributed by atoms with Crippen molar-refractivity contribution in [3.63, 3.8) is 0 Å². The topological polar surface area (TPSA) is 49.3 Å². The third kappa shape index (κ3) is 3.01. The number of aliphatic hydroxyl groups is 1. The summed E-state index contributed by atoms with van der Waals surface area (Å²) in [5.41, 5.74) is 0.215. The summed E-state index contributed by atoms with van der Waals surface area (Å²) in [4.78, 5) is 11.9. The second kappa shape index (κ2) is 4.97. The standard InChI is InChI=1S/C14H25NO2/c1-14(2)7-12(14)13(17)15-8-10-5-3-4-6-11(10)9-16/h10-12,16H,3-9H2,1-2H3,(H,15,17). The molecule has 0 radical (unpaired) electrons. The van der Waals surface area contributed by atoms with Gasteiger partial charge < -0.3 is 10.4 Å². The molecule has 3 atom stereocenters. The van der Waals surface area contributed by atoms with Gasteiger partial charge in [0.15, 0.2) is 0 Å². The molecule has 2 aliphatic carbocycles. The van der Waals surface area contributed by atoms with E-state index in [9.17, 15) is 9.90 Å². The molecular weight excluding hydrogens is 214 g/mol. The summed E-state index contributed by atoms with van der Waals surface area (Å²) in [6, 6.07) is 0. The molecule has 2 fully saturated rings. The molecule has 0 saturated heterocycles. The van der Waals surface area contributed by atoms with Gasteiger partial charge in [0.05, 0.1) is 0 Å². The van der Waals surface area contributed by atoms with E-state index in [0.717, 1.165) is 25.8 Å². The Morgan fingerprint density at radius 3 is 2.41 bits per heavy atom. The van der Waals surface area contributed by atoms with Gasteiger partial charge in [-0.15, -0.1) is 0 Å². The second-order valence-corrected chi connectivity index (χ2v) is 6.48. The van der Waals surface area contributed by atoms with Crippen molar-refractivity contribution >= 4 is 5.91 Å². The van der Waals surface area contributed by atoms with Crippen molar-refractivity contribution in [1.82, 2.24) is 5.32 Å². The van der Waals surface area contributed by atoms with E-state index in [1.807, 2.05) is 0 Å². The van der Waals surface area contributed by atoms with Crippen LogP contribution in [0.3, 0.4) is 0 Å². The summed E-state index contributed by atoms with van der Waals surface area (Å²) < 4.78 is 0. The van der Waals surface area contributed by atoms with E-state index >= 15 is 0 Å². The summed E-state index contributed by atoms with van der Waals surface area (Å²) in [5, 5.41) is 12.4. The maximum absolute atomic E-state index is 11.9. The Balaban J connectivity index is 1.75. The van der Waals surface area contributed by atoms with E-state index < -0.39 is 0 Å². The van der Waals surface area contributed by atoms with E-state index in [4.69, 9.17) is 0 Å². The van der Waals surface area contributed by atoms with Gasteiger partial charge in [0.1, 0.15) is 0 Å². The number of rotatable bonds is 4. The first-order chi connectivity index (χ1) is 8.04. The molecule has 0 aromatic rings. The molecule has 0 spiro atoms. The first kappa shape index (κ1) is 12.9. The number of amides is 1. The molecule has 2 N–H and O–H groups in total. The molecule has 2 rings (SSSR count). The van der Waals surface area contributed by atoms with Gasteiger partial charge in [-0.2, -0.15) is 0 Å². The molecule has 0 bridgehead atoms. The van der Waals surface area contributed by atoms with Gasteiger partial charge in [0, 0.05) is 19.1 Å². The molecule has 2 saturated carbocycles. The third-order valence-corrected chi connectivity index (χ3v) is 4.67. The fourth-order valence-electron chi connectivity index (χ4n) is 3.06. The van der Waals surface area contributed by atoms with Crippen LogP contribution < -0.4 is 5.32 Å². The van der Waals surface area contributed by atoms with Gasteiger partial charge in [0.2, 0.25) is 5.91 Å². The van der Waals surface area contributed by atoms with Crippen molar-refractivity contribution in [1.29, 1.82) is 0 Å². The van der Waals surface area contributed by atoms with Crippen LogP contribution in [0, 0.1) is 23.2 Å². The monoisotopic (exact) mass is 239 g/mol. The molecule has 3 nitrogen and oxygen atoms in total. The smallest absolute Gasteiger partial charge is 0.223 e. The van der Waals surface area contributed by atoms with Crippen LogP contribution in [0.1, 0.15) is 46.0 Å². The number of aliphatic hydroxyl groups excluding tert-OH is 1. The third-order valence-electron chi connectivity index (χ3n) is 4.67. The molecule has 0 aromatic heterocycles. The highest BCUT2D eigenvalue weighted by atomic mass is 16.3. The Kier molecular flexibility index (Phi) is 3.76. The fraction of sp³-hybridized carbons (Fsp3) is 0.929. The van der Waals surface area contributed by atoms with E-state index in [2.05, 4.69) is 19.2 Å². The summed E-state index contributed by atoms with van der Waals surface area (Å²) in [7, 11) is 0. The van der Waals surface area contributed by atoms with Crippen LogP contribution in [0.25, 0.3) is 0 Å². The molecule has 0 heterocycles. The van der Waals surface area contributed by atoms with Crippen molar-refractivity contribution in [2.45, 2.75) is 46.0 Å². The lowest BCUT2D eigenvalue weighted by Crippen LogP contribution is -2.36. The van der Waals surface area contributed by atoms with Gasteiger partial charge in [-0.1, -0.05) is 26.7 Å². The molecule has 0 aromatic carbocycles. The first-order valence-corrected chi connectivity index (χ1v) is 6.93. The van der Waals surface area contributed by atoms with Crippen LogP contribution in [-0.2, 0) is 4.79 Å². The second-order valence-electron chi connectivity index (χ2n) is 6.48. The van der Waals surface area contributed by atoms with Crippen molar-refractivity contribution in [3.05, 3.63) is 0 Å². The van der Waals surface area contributed by atoms with E-state index in [-0.39, 0.29) is 23.8 Å². The maximum Gasteiger partial charge on any atom is 0.223 e. The number of carbonyl (C=O) groups excluding carboxylic acids is 1. The van der Waals surface area contributed by atoms with Crippen LogP contribution in [0.5, 0.6) is 0 Å². The molecule has 98 valence electrons. The first-order valence-electron chi connectivity index (χ1n) is 6.93. The average Bonchev–Trinajstić information content (AvgIpc) is 2.96. The molecule has 3 heteroatoms. The van der Waals surface area contributed by atoms with Crippen LogP contribution in [-0.4, -0.2) is 24.2 Å². The Morgan fingerprint density at radius 1 is 1.29 bits per heavy atom. The van der Waals surface area contributed by atoms with Crippen LogP contribution in [0.15, 0.2) is 0 Å². The SMILES string of the molecule is CC1(C)CC1C(=O)NCC1CCCCC1CO. The lowest BCUT2D eigenvalue weighted by Gasteiger charge is -2.30.